The highest BCUT2D eigenvalue weighted by molar-refractivity contribution is 6.12. The molecule has 3 aromatic carbocycles. The number of nitriles is 1. The summed E-state index contributed by atoms with van der Waals surface area (Å²) in [5.41, 5.74) is 2.68. The Labute approximate surface area is 204 Å². The Morgan fingerprint density at radius 1 is 0.889 bits per heavy atom. The van der Waals surface area contributed by atoms with E-state index in [1.165, 1.54) is 18.2 Å². The predicted octanol–water partition coefficient (Wildman–Crippen LogP) is 4.73. The summed E-state index contributed by atoms with van der Waals surface area (Å²) in [5.74, 6) is -2.13. The lowest BCUT2D eigenvalue weighted by Gasteiger charge is -2.08. The van der Waals surface area contributed by atoms with Crippen LogP contribution in [0.2, 0.25) is 0 Å². The van der Waals surface area contributed by atoms with Gasteiger partial charge >= 0.3 is 5.97 Å². The van der Waals surface area contributed by atoms with E-state index < -0.39 is 11.9 Å². The first-order valence-electron chi connectivity index (χ1n) is 10.9. The van der Waals surface area contributed by atoms with Gasteiger partial charge in [-0.3, -0.25) is 9.59 Å². The molecule has 0 unspecified atom stereocenters. The number of carboxylic acid groups (broad SMARTS) is 1. The van der Waals surface area contributed by atoms with Crippen molar-refractivity contribution in [2.45, 2.75) is 0 Å². The van der Waals surface area contributed by atoms with E-state index >= 15 is 0 Å². The molecule has 9 heteroatoms. The summed E-state index contributed by atoms with van der Waals surface area (Å²) < 4.78 is 1.82. The van der Waals surface area contributed by atoms with Crippen molar-refractivity contribution in [3.63, 3.8) is 0 Å². The number of anilines is 2. The first-order chi connectivity index (χ1) is 17.4. The molecule has 0 bridgehead atoms. The van der Waals surface area contributed by atoms with Crippen LogP contribution in [0.1, 0.15) is 36.9 Å². The number of hydrogen-bond acceptors (Lipinski definition) is 4. The van der Waals surface area contributed by atoms with Crippen molar-refractivity contribution < 1.29 is 19.5 Å². The molecule has 176 valence electrons. The average Bonchev–Trinajstić information content (AvgIpc) is 3.46. The van der Waals surface area contributed by atoms with Gasteiger partial charge in [0.05, 0.1) is 34.1 Å². The number of carboxylic acids is 1. The summed E-state index contributed by atoms with van der Waals surface area (Å²) in [6, 6.07) is 22.3. The second kappa shape index (κ2) is 8.77. The van der Waals surface area contributed by atoms with Gasteiger partial charge in [0.25, 0.3) is 11.8 Å². The summed E-state index contributed by atoms with van der Waals surface area (Å²) in [5, 5.41) is 25.6. The van der Waals surface area contributed by atoms with Crippen LogP contribution in [-0.4, -0.2) is 32.4 Å². The standard InChI is InChI=1S/C27H19N5O4/c1-32-22-8-3-2-5-16(22)13-23(32)26(34)31-20-7-4-6-17-12-21(29-24(17)20)25(33)30-19-10-9-15(14-28)11-18(19)27(35)36/h2-13,29H,1H3,(H,30,33)(H,31,34)(H,35,36). The van der Waals surface area contributed by atoms with E-state index in [1.54, 1.807) is 24.3 Å². The topological polar surface area (TPSA) is 140 Å². The summed E-state index contributed by atoms with van der Waals surface area (Å²) in [4.78, 5) is 40.6. The number of hydrogen-bond donors (Lipinski definition) is 4. The second-order valence-electron chi connectivity index (χ2n) is 8.19. The Hall–Kier alpha value is -5.36. The van der Waals surface area contributed by atoms with E-state index in [9.17, 15) is 19.5 Å². The lowest BCUT2D eigenvalue weighted by Crippen LogP contribution is -2.16. The zero-order chi connectivity index (χ0) is 25.4. The van der Waals surface area contributed by atoms with Crippen molar-refractivity contribution in [1.29, 1.82) is 5.26 Å². The fourth-order valence-corrected chi connectivity index (χ4v) is 4.17. The quantitative estimate of drug-likeness (QED) is 0.290. The zero-order valence-corrected chi connectivity index (χ0v) is 19.0. The highest BCUT2D eigenvalue weighted by atomic mass is 16.4. The number of aryl methyl sites for hydroxylation is 1. The van der Waals surface area contributed by atoms with Crippen molar-refractivity contribution >= 4 is 51.0 Å². The number of rotatable bonds is 5. The highest BCUT2D eigenvalue weighted by Gasteiger charge is 2.18. The molecule has 0 radical (unpaired) electrons. The third-order valence-electron chi connectivity index (χ3n) is 5.96. The minimum absolute atomic E-state index is 0.0643. The maximum atomic E-state index is 13.1. The average molecular weight is 477 g/mol. The van der Waals surface area contributed by atoms with Crippen LogP contribution in [-0.2, 0) is 7.05 Å². The van der Waals surface area contributed by atoms with E-state index in [2.05, 4.69) is 15.6 Å². The molecule has 4 N–H and O–H groups in total. The van der Waals surface area contributed by atoms with Gasteiger partial charge < -0.3 is 25.3 Å². The van der Waals surface area contributed by atoms with Gasteiger partial charge in [0, 0.05) is 23.3 Å². The molecule has 36 heavy (non-hydrogen) atoms. The normalized spacial score (nSPS) is 10.8. The molecule has 0 aliphatic rings. The number of carbonyl (C=O) groups is 3. The third-order valence-corrected chi connectivity index (χ3v) is 5.96. The van der Waals surface area contributed by atoms with Crippen molar-refractivity contribution in [1.82, 2.24) is 9.55 Å². The number of fused-ring (bicyclic) bond motifs is 2. The summed E-state index contributed by atoms with van der Waals surface area (Å²) in [7, 11) is 1.82. The number of aromatic carboxylic acids is 1. The number of benzene rings is 3. The molecule has 5 aromatic rings. The highest BCUT2D eigenvalue weighted by Crippen LogP contribution is 2.26. The van der Waals surface area contributed by atoms with E-state index in [4.69, 9.17) is 5.26 Å². The molecule has 9 nitrogen and oxygen atoms in total. The number of carbonyl (C=O) groups excluding carboxylic acids is 2. The fourth-order valence-electron chi connectivity index (χ4n) is 4.17. The van der Waals surface area contributed by atoms with Crippen molar-refractivity contribution in [2.75, 3.05) is 10.6 Å². The minimum atomic E-state index is -1.27. The molecule has 2 heterocycles. The van der Waals surface area contributed by atoms with E-state index in [1.807, 2.05) is 48.0 Å². The maximum Gasteiger partial charge on any atom is 0.337 e. The molecule has 0 fully saturated rings. The van der Waals surface area contributed by atoms with E-state index in [-0.39, 0.29) is 28.4 Å². The summed E-state index contributed by atoms with van der Waals surface area (Å²) >= 11 is 0. The van der Waals surface area contributed by atoms with Gasteiger partial charge in [0.1, 0.15) is 11.4 Å². The number of aromatic amines is 1. The molecule has 0 aliphatic carbocycles. The van der Waals surface area contributed by atoms with Gasteiger partial charge in [-0.05, 0) is 42.5 Å². The van der Waals surface area contributed by atoms with Gasteiger partial charge in [-0.25, -0.2) is 4.79 Å². The Morgan fingerprint density at radius 2 is 1.64 bits per heavy atom. The van der Waals surface area contributed by atoms with Crippen LogP contribution >= 0.6 is 0 Å². The van der Waals surface area contributed by atoms with Crippen LogP contribution in [0, 0.1) is 11.3 Å². The molecule has 5 rings (SSSR count). The van der Waals surface area contributed by atoms with Crippen molar-refractivity contribution in [3.05, 3.63) is 95.3 Å². The Balaban J connectivity index is 1.43. The second-order valence-corrected chi connectivity index (χ2v) is 8.19. The number of aromatic nitrogens is 2. The van der Waals surface area contributed by atoms with E-state index in [0.29, 0.717) is 22.3 Å². The SMILES string of the molecule is Cn1c(C(=O)Nc2cccc3cc(C(=O)Nc4ccc(C#N)cc4C(=O)O)[nH]c23)cc2ccccc21. The van der Waals surface area contributed by atoms with Gasteiger partial charge in [0.2, 0.25) is 0 Å². The smallest absolute Gasteiger partial charge is 0.337 e. The number of nitrogens with one attached hydrogen (secondary N) is 3. The monoisotopic (exact) mass is 477 g/mol. The molecule has 0 saturated carbocycles. The first-order valence-corrected chi connectivity index (χ1v) is 10.9. The van der Waals surface area contributed by atoms with Crippen LogP contribution in [0.3, 0.4) is 0 Å². The molecule has 0 saturated heterocycles. The van der Waals surface area contributed by atoms with Crippen LogP contribution in [0.4, 0.5) is 11.4 Å². The van der Waals surface area contributed by atoms with Crippen LogP contribution in [0.5, 0.6) is 0 Å². The Bertz CT molecular complexity index is 1740. The van der Waals surface area contributed by atoms with Crippen molar-refractivity contribution in [2.24, 2.45) is 7.05 Å². The van der Waals surface area contributed by atoms with Gasteiger partial charge in [-0.1, -0.05) is 30.3 Å². The fraction of sp³-hybridized carbons (Fsp3) is 0.0370. The van der Waals surface area contributed by atoms with Crippen molar-refractivity contribution in [3.8, 4) is 6.07 Å². The van der Waals surface area contributed by atoms with E-state index in [0.717, 1.165) is 10.9 Å². The molecular formula is C27H19N5O4. The van der Waals surface area contributed by atoms with Crippen LogP contribution in [0.15, 0.2) is 72.8 Å². The molecule has 0 spiro atoms. The van der Waals surface area contributed by atoms with Gasteiger partial charge in [-0.15, -0.1) is 0 Å². The molecule has 0 atom stereocenters. The van der Waals surface area contributed by atoms with Crippen LogP contribution < -0.4 is 10.6 Å². The lowest BCUT2D eigenvalue weighted by molar-refractivity contribution is 0.0697. The minimum Gasteiger partial charge on any atom is -0.478 e. The summed E-state index contributed by atoms with van der Waals surface area (Å²) in [6.45, 7) is 0. The maximum absolute atomic E-state index is 13.1. The van der Waals surface area contributed by atoms with Gasteiger partial charge in [-0.2, -0.15) is 5.26 Å². The third kappa shape index (κ3) is 3.93. The lowest BCUT2D eigenvalue weighted by atomic mass is 10.1. The number of H-pyrrole nitrogens is 1. The Kier molecular flexibility index (Phi) is 5.47. The summed E-state index contributed by atoms with van der Waals surface area (Å²) in [6.07, 6.45) is 0. The molecule has 0 aliphatic heterocycles. The molecular weight excluding hydrogens is 458 g/mol. The number of para-hydroxylation sites is 2. The van der Waals surface area contributed by atoms with Gasteiger partial charge in [0.15, 0.2) is 0 Å². The van der Waals surface area contributed by atoms with Crippen LogP contribution in [0.25, 0.3) is 21.8 Å². The Morgan fingerprint density at radius 3 is 2.39 bits per heavy atom. The number of nitrogens with zero attached hydrogens (tertiary/aromatic N) is 2. The zero-order valence-electron chi connectivity index (χ0n) is 19.0. The first kappa shape index (κ1) is 22.4. The predicted molar refractivity (Wildman–Crippen MR) is 135 cm³/mol. The molecule has 2 amide bonds. The number of amides is 2. The molecule has 2 aromatic heterocycles. The largest absolute Gasteiger partial charge is 0.478 e.